The van der Waals surface area contributed by atoms with Gasteiger partial charge in [-0.2, -0.15) is 11.3 Å². The number of carbonyl (C=O) groups is 1. The molecule has 0 atom stereocenters. The number of piperazine rings is 1. The standard InChI is InChI=1S/C19H18ClN3OS2/c20-16-3-1-2-14(10-16)11-22-5-7-23(8-6-22)19(24)17-13-26-18(21-17)15-4-9-25-12-15/h1-4,9-10,12-13H,5-8,11H2/p+1. The molecule has 26 heavy (non-hydrogen) atoms. The maximum atomic E-state index is 12.7. The van der Waals surface area contributed by atoms with Gasteiger partial charge in [0.1, 0.15) is 17.2 Å². The van der Waals surface area contributed by atoms with Crippen molar-refractivity contribution in [1.82, 2.24) is 9.88 Å². The van der Waals surface area contributed by atoms with Gasteiger partial charge >= 0.3 is 0 Å². The average molecular weight is 405 g/mol. The largest absolute Gasteiger partial charge is 0.328 e. The molecule has 1 saturated heterocycles. The maximum absolute atomic E-state index is 12.7. The first-order valence-corrected chi connectivity index (χ1v) is 10.7. The molecule has 0 saturated carbocycles. The van der Waals surface area contributed by atoms with Crippen LogP contribution in [0, 0.1) is 0 Å². The fourth-order valence-corrected chi connectivity index (χ4v) is 4.91. The molecule has 7 heteroatoms. The first-order chi connectivity index (χ1) is 12.7. The van der Waals surface area contributed by atoms with E-state index >= 15 is 0 Å². The van der Waals surface area contributed by atoms with E-state index < -0.39 is 0 Å². The Bertz CT molecular complexity index is 886. The molecule has 4 rings (SSSR count). The van der Waals surface area contributed by atoms with Crippen molar-refractivity contribution in [2.45, 2.75) is 6.54 Å². The van der Waals surface area contributed by atoms with Crippen molar-refractivity contribution in [1.29, 1.82) is 0 Å². The Balaban J connectivity index is 1.35. The van der Waals surface area contributed by atoms with E-state index in [1.807, 2.05) is 39.9 Å². The lowest BCUT2D eigenvalue weighted by atomic mass is 10.2. The molecule has 1 aliphatic rings. The Morgan fingerprint density at radius 3 is 2.81 bits per heavy atom. The molecular formula is C19H19ClN3OS2+. The van der Waals surface area contributed by atoms with E-state index in [1.54, 1.807) is 11.3 Å². The summed E-state index contributed by atoms with van der Waals surface area (Å²) in [5.41, 5.74) is 2.90. The number of hydrogen-bond acceptors (Lipinski definition) is 4. The molecule has 1 fully saturated rings. The van der Waals surface area contributed by atoms with Crippen LogP contribution in [0.25, 0.3) is 10.6 Å². The molecule has 0 spiro atoms. The molecular weight excluding hydrogens is 386 g/mol. The summed E-state index contributed by atoms with van der Waals surface area (Å²) < 4.78 is 0. The van der Waals surface area contributed by atoms with E-state index in [0.29, 0.717) is 5.69 Å². The van der Waals surface area contributed by atoms with Crippen LogP contribution in [0.15, 0.2) is 46.5 Å². The topological polar surface area (TPSA) is 37.6 Å². The van der Waals surface area contributed by atoms with Crippen LogP contribution in [0.2, 0.25) is 5.02 Å². The number of nitrogens with zero attached hydrogens (tertiary/aromatic N) is 2. The zero-order chi connectivity index (χ0) is 17.9. The molecule has 3 heterocycles. The number of amides is 1. The van der Waals surface area contributed by atoms with Crippen molar-refractivity contribution < 1.29 is 9.69 Å². The van der Waals surface area contributed by atoms with E-state index in [0.717, 1.165) is 48.3 Å². The van der Waals surface area contributed by atoms with Gasteiger partial charge in [0.05, 0.1) is 26.2 Å². The number of quaternary nitrogens is 1. The quantitative estimate of drug-likeness (QED) is 0.725. The van der Waals surface area contributed by atoms with Gasteiger partial charge < -0.3 is 9.80 Å². The second kappa shape index (κ2) is 7.88. The fourth-order valence-electron chi connectivity index (χ4n) is 3.19. The lowest BCUT2D eigenvalue weighted by molar-refractivity contribution is -0.917. The number of thiophene rings is 1. The minimum absolute atomic E-state index is 0.0459. The highest BCUT2D eigenvalue weighted by Gasteiger charge is 2.26. The number of hydrogen-bond donors (Lipinski definition) is 1. The Kier molecular flexibility index (Phi) is 5.36. The van der Waals surface area contributed by atoms with Crippen molar-refractivity contribution in [2.24, 2.45) is 0 Å². The van der Waals surface area contributed by atoms with Crippen molar-refractivity contribution >= 4 is 40.2 Å². The molecule has 1 N–H and O–H groups in total. The van der Waals surface area contributed by atoms with Crippen molar-refractivity contribution in [3.8, 4) is 10.6 Å². The van der Waals surface area contributed by atoms with E-state index in [4.69, 9.17) is 11.6 Å². The van der Waals surface area contributed by atoms with Crippen LogP contribution in [0.5, 0.6) is 0 Å². The molecule has 134 valence electrons. The van der Waals surface area contributed by atoms with Gasteiger partial charge in [0.15, 0.2) is 0 Å². The molecule has 1 amide bonds. The lowest BCUT2D eigenvalue weighted by Gasteiger charge is -2.32. The highest BCUT2D eigenvalue weighted by molar-refractivity contribution is 7.14. The minimum atomic E-state index is 0.0459. The summed E-state index contributed by atoms with van der Waals surface area (Å²) in [6.45, 7) is 4.36. The van der Waals surface area contributed by atoms with Gasteiger partial charge in [-0.3, -0.25) is 4.79 Å². The number of nitrogens with one attached hydrogen (secondary N) is 1. The molecule has 0 unspecified atom stereocenters. The van der Waals surface area contributed by atoms with Crippen molar-refractivity contribution in [2.75, 3.05) is 26.2 Å². The Hall–Kier alpha value is -1.73. The third-order valence-corrected chi connectivity index (χ3v) is 6.40. The van der Waals surface area contributed by atoms with Crippen LogP contribution < -0.4 is 4.90 Å². The Labute approximate surface area is 165 Å². The summed E-state index contributed by atoms with van der Waals surface area (Å²) in [6.07, 6.45) is 0. The molecule has 3 aromatic rings. The molecule has 0 radical (unpaired) electrons. The highest BCUT2D eigenvalue weighted by atomic mass is 35.5. The normalized spacial score (nSPS) is 15.3. The average Bonchev–Trinajstić information content (AvgIpc) is 3.33. The SMILES string of the molecule is O=C(c1csc(-c2ccsc2)n1)N1CC[NH+](Cc2cccc(Cl)c2)CC1. The summed E-state index contributed by atoms with van der Waals surface area (Å²) in [5.74, 6) is 0.0459. The van der Waals surface area contributed by atoms with Crippen LogP contribution in [0.3, 0.4) is 0 Å². The Morgan fingerprint density at radius 2 is 2.08 bits per heavy atom. The van der Waals surface area contributed by atoms with E-state index in [9.17, 15) is 4.79 Å². The predicted octanol–water partition coefficient (Wildman–Crippen LogP) is 3.07. The summed E-state index contributed by atoms with van der Waals surface area (Å²) in [7, 11) is 0. The summed E-state index contributed by atoms with van der Waals surface area (Å²) in [5, 5.41) is 7.66. The molecule has 2 aromatic heterocycles. The first kappa shape index (κ1) is 17.7. The van der Waals surface area contributed by atoms with Gasteiger partial charge in [0.2, 0.25) is 0 Å². The summed E-state index contributed by atoms with van der Waals surface area (Å²) >= 11 is 9.24. The number of benzene rings is 1. The van der Waals surface area contributed by atoms with Crippen LogP contribution in [0.1, 0.15) is 16.1 Å². The first-order valence-electron chi connectivity index (χ1n) is 8.54. The molecule has 0 bridgehead atoms. The summed E-state index contributed by atoms with van der Waals surface area (Å²) in [4.78, 5) is 20.7. The van der Waals surface area contributed by atoms with Gasteiger partial charge in [-0.05, 0) is 23.6 Å². The summed E-state index contributed by atoms with van der Waals surface area (Å²) in [6, 6.07) is 10.1. The van der Waals surface area contributed by atoms with Gasteiger partial charge in [0, 0.05) is 26.9 Å². The highest BCUT2D eigenvalue weighted by Crippen LogP contribution is 2.26. The smallest absolute Gasteiger partial charge is 0.273 e. The third kappa shape index (κ3) is 3.99. The van der Waals surface area contributed by atoms with Crippen LogP contribution in [0.4, 0.5) is 0 Å². The molecule has 0 aliphatic carbocycles. The number of thiazole rings is 1. The lowest BCUT2D eigenvalue weighted by Crippen LogP contribution is -3.13. The van der Waals surface area contributed by atoms with Gasteiger partial charge in [-0.1, -0.05) is 23.7 Å². The molecule has 1 aliphatic heterocycles. The van der Waals surface area contributed by atoms with E-state index in [2.05, 4.69) is 16.4 Å². The predicted molar refractivity (Wildman–Crippen MR) is 107 cm³/mol. The van der Waals surface area contributed by atoms with Crippen molar-refractivity contribution in [3.63, 3.8) is 0 Å². The maximum Gasteiger partial charge on any atom is 0.273 e. The zero-order valence-corrected chi connectivity index (χ0v) is 16.5. The van der Waals surface area contributed by atoms with Crippen molar-refractivity contribution in [3.05, 3.63) is 62.8 Å². The van der Waals surface area contributed by atoms with Crippen LogP contribution in [-0.4, -0.2) is 42.0 Å². The van der Waals surface area contributed by atoms with E-state index in [-0.39, 0.29) is 5.91 Å². The fraction of sp³-hybridized carbons (Fsp3) is 0.263. The second-order valence-corrected chi connectivity index (χ2v) is 8.47. The second-order valence-electron chi connectivity index (χ2n) is 6.40. The molecule has 1 aromatic carbocycles. The number of carbonyl (C=O) groups excluding carboxylic acids is 1. The number of aromatic nitrogens is 1. The van der Waals surface area contributed by atoms with Crippen LogP contribution in [-0.2, 0) is 6.54 Å². The van der Waals surface area contributed by atoms with E-state index in [1.165, 1.54) is 21.8 Å². The van der Waals surface area contributed by atoms with Gasteiger partial charge in [0.25, 0.3) is 5.91 Å². The molecule has 4 nitrogen and oxygen atoms in total. The van der Waals surface area contributed by atoms with Gasteiger partial charge in [-0.25, -0.2) is 4.98 Å². The minimum Gasteiger partial charge on any atom is -0.328 e. The van der Waals surface area contributed by atoms with Gasteiger partial charge in [-0.15, -0.1) is 11.3 Å². The monoisotopic (exact) mass is 404 g/mol. The Morgan fingerprint density at radius 1 is 1.23 bits per heavy atom. The number of halogens is 1. The number of rotatable bonds is 4. The zero-order valence-electron chi connectivity index (χ0n) is 14.2. The van der Waals surface area contributed by atoms with Crippen LogP contribution >= 0.6 is 34.3 Å². The third-order valence-electron chi connectivity index (χ3n) is 4.59.